The molecular weight excluding hydrogens is 196 g/mol. The molecule has 2 nitrogen and oxygen atoms in total. The standard InChI is InChI=1S/C11H24O2S/c1-10(2,3)9(11(4,5)6)8-14(7,12)13/h9H,8H2,1-7H3/i7D3,8D2. The summed E-state index contributed by atoms with van der Waals surface area (Å²) >= 11 is 0. The van der Waals surface area contributed by atoms with Gasteiger partial charge in [-0.3, -0.25) is 0 Å². The maximum Gasteiger partial charge on any atom is 0.147 e. The number of rotatable bonds is 2. The molecule has 0 rings (SSSR count). The molecule has 3 heteroatoms. The van der Waals surface area contributed by atoms with Gasteiger partial charge in [-0.1, -0.05) is 41.5 Å². The van der Waals surface area contributed by atoms with Crippen LogP contribution in [0.1, 0.15) is 48.4 Å². The van der Waals surface area contributed by atoms with Gasteiger partial charge >= 0.3 is 0 Å². The van der Waals surface area contributed by atoms with Gasteiger partial charge in [-0.25, -0.2) is 8.42 Å². The lowest BCUT2D eigenvalue weighted by Gasteiger charge is -2.40. The predicted octanol–water partition coefficient (Wildman–Crippen LogP) is 2.74. The van der Waals surface area contributed by atoms with E-state index >= 15 is 0 Å². The van der Waals surface area contributed by atoms with Gasteiger partial charge in [0.2, 0.25) is 0 Å². The first-order chi connectivity index (χ1) is 7.87. The molecule has 0 saturated carbocycles. The number of hydrogen-bond donors (Lipinski definition) is 0. The second-order valence-electron chi connectivity index (χ2n) is 5.79. The molecule has 0 aromatic carbocycles. The summed E-state index contributed by atoms with van der Waals surface area (Å²) in [6.07, 6.45) is -3.36. The Balaban J connectivity index is 6.14. The third-order valence-electron chi connectivity index (χ3n) is 2.01. The van der Waals surface area contributed by atoms with Gasteiger partial charge in [0.15, 0.2) is 0 Å². The van der Waals surface area contributed by atoms with Gasteiger partial charge in [0.25, 0.3) is 0 Å². The second-order valence-corrected chi connectivity index (χ2v) is 7.03. The average Bonchev–Trinajstić information content (AvgIpc) is 1.92. The van der Waals surface area contributed by atoms with Gasteiger partial charge in [0, 0.05) is 13.0 Å². The smallest absolute Gasteiger partial charge is 0.147 e. The van der Waals surface area contributed by atoms with Crippen LogP contribution in [0, 0.1) is 16.7 Å². The summed E-state index contributed by atoms with van der Waals surface area (Å²) in [5.41, 5.74) is -4.21. The molecule has 0 heterocycles. The third-order valence-corrected chi connectivity index (χ3v) is 2.55. The zero-order valence-electron chi connectivity index (χ0n) is 14.8. The van der Waals surface area contributed by atoms with Crippen molar-refractivity contribution in [3.8, 4) is 0 Å². The Morgan fingerprint density at radius 2 is 1.50 bits per heavy atom. The summed E-state index contributed by atoms with van der Waals surface area (Å²) in [4.78, 5) is 0. The molecule has 0 unspecified atom stereocenters. The van der Waals surface area contributed by atoms with Crippen molar-refractivity contribution < 1.29 is 15.3 Å². The van der Waals surface area contributed by atoms with Crippen molar-refractivity contribution in [2.45, 2.75) is 41.5 Å². The van der Waals surface area contributed by atoms with Gasteiger partial charge in [-0.05, 0) is 16.7 Å². The van der Waals surface area contributed by atoms with E-state index in [1.54, 1.807) is 41.5 Å². The average molecular weight is 225 g/mol. The van der Waals surface area contributed by atoms with E-state index in [4.69, 9.17) is 6.85 Å². The fourth-order valence-corrected chi connectivity index (χ4v) is 2.83. The Kier molecular flexibility index (Phi) is 1.99. The van der Waals surface area contributed by atoms with Crippen molar-refractivity contribution in [3.63, 3.8) is 0 Å². The maximum atomic E-state index is 12.1. The Hall–Kier alpha value is -0.0500. The molecule has 0 fully saturated rings. The number of sulfone groups is 1. The van der Waals surface area contributed by atoms with Crippen LogP contribution in [0.5, 0.6) is 0 Å². The summed E-state index contributed by atoms with van der Waals surface area (Å²) in [5.74, 6) is -0.960. The maximum absolute atomic E-state index is 12.1. The summed E-state index contributed by atoms with van der Waals surface area (Å²) in [6.45, 7) is 10.3. The fourth-order valence-electron chi connectivity index (χ4n) is 1.81. The van der Waals surface area contributed by atoms with Crippen molar-refractivity contribution in [1.29, 1.82) is 0 Å². The van der Waals surface area contributed by atoms with Crippen LogP contribution in [0.3, 0.4) is 0 Å². The predicted molar refractivity (Wildman–Crippen MR) is 62.1 cm³/mol. The molecule has 0 aromatic rings. The highest BCUT2D eigenvalue weighted by Gasteiger charge is 2.36. The van der Waals surface area contributed by atoms with Crippen LogP contribution in [0.2, 0.25) is 0 Å². The van der Waals surface area contributed by atoms with Crippen LogP contribution in [-0.4, -0.2) is 20.3 Å². The second kappa shape index (κ2) is 3.84. The monoisotopic (exact) mass is 225 g/mol. The van der Waals surface area contributed by atoms with E-state index in [2.05, 4.69) is 0 Å². The van der Waals surface area contributed by atoms with E-state index in [-0.39, 0.29) is 0 Å². The van der Waals surface area contributed by atoms with Crippen molar-refractivity contribution in [2.24, 2.45) is 16.7 Å². The summed E-state index contributed by atoms with van der Waals surface area (Å²) in [6, 6.07) is 0. The quantitative estimate of drug-likeness (QED) is 0.724. The molecule has 0 atom stereocenters. The van der Waals surface area contributed by atoms with Crippen molar-refractivity contribution >= 4 is 9.84 Å². The zero-order valence-corrected chi connectivity index (χ0v) is 10.6. The molecule has 0 aromatic heterocycles. The van der Waals surface area contributed by atoms with Gasteiger partial charge < -0.3 is 0 Å². The van der Waals surface area contributed by atoms with E-state index in [0.29, 0.717) is 0 Å². The molecule has 0 amide bonds. The number of hydrogen-bond acceptors (Lipinski definition) is 2. The lowest BCUT2D eigenvalue weighted by molar-refractivity contribution is 0.123. The van der Waals surface area contributed by atoms with Gasteiger partial charge in [0.1, 0.15) is 9.84 Å². The normalized spacial score (nSPS) is 22.1. The van der Waals surface area contributed by atoms with E-state index in [1.165, 1.54) is 0 Å². The van der Waals surface area contributed by atoms with E-state index in [9.17, 15) is 8.42 Å². The lowest BCUT2D eigenvalue weighted by Crippen LogP contribution is -2.37. The van der Waals surface area contributed by atoms with E-state index in [1.807, 2.05) is 0 Å². The fraction of sp³-hybridized carbons (Fsp3) is 1.00. The van der Waals surface area contributed by atoms with Crippen LogP contribution in [0.4, 0.5) is 0 Å². The highest BCUT2D eigenvalue weighted by atomic mass is 32.2. The molecule has 0 bridgehead atoms. The van der Waals surface area contributed by atoms with E-state index in [0.717, 1.165) is 0 Å². The summed E-state index contributed by atoms with van der Waals surface area (Å²) in [5, 5.41) is 0. The minimum atomic E-state index is -4.91. The van der Waals surface area contributed by atoms with Crippen LogP contribution in [0.15, 0.2) is 0 Å². The minimum Gasteiger partial charge on any atom is -0.229 e. The third kappa shape index (κ3) is 4.99. The van der Waals surface area contributed by atoms with Crippen LogP contribution < -0.4 is 0 Å². The molecule has 0 spiro atoms. The van der Waals surface area contributed by atoms with Crippen LogP contribution in [-0.2, 0) is 9.84 Å². The van der Waals surface area contributed by atoms with Crippen LogP contribution >= 0.6 is 0 Å². The first-order valence-corrected chi connectivity index (χ1v) is 6.09. The highest BCUT2D eigenvalue weighted by Crippen LogP contribution is 2.40. The summed E-state index contributed by atoms with van der Waals surface area (Å²) in [7, 11) is -4.91. The topological polar surface area (TPSA) is 34.1 Å². The molecule has 0 aliphatic heterocycles. The molecule has 0 aliphatic rings. The van der Waals surface area contributed by atoms with Gasteiger partial charge in [-0.2, -0.15) is 0 Å². The zero-order chi connectivity index (χ0) is 16.1. The van der Waals surface area contributed by atoms with Gasteiger partial charge in [-0.15, -0.1) is 0 Å². The highest BCUT2D eigenvalue weighted by molar-refractivity contribution is 7.90. The van der Waals surface area contributed by atoms with Gasteiger partial charge in [0.05, 0.1) is 5.70 Å². The SMILES string of the molecule is [2H]C([2H])([2H])S(=O)(=O)C([2H])([2H])C(C(C)(C)C)C(C)(C)C. The Labute approximate surface area is 96.0 Å². The molecule has 0 N–H and O–H groups in total. The molecule has 14 heavy (non-hydrogen) atoms. The van der Waals surface area contributed by atoms with Crippen molar-refractivity contribution in [3.05, 3.63) is 0 Å². The van der Waals surface area contributed by atoms with E-state index < -0.39 is 38.5 Å². The molecule has 86 valence electrons. The molecule has 0 aliphatic carbocycles. The largest absolute Gasteiger partial charge is 0.229 e. The van der Waals surface area contributed by atoms with Crippen LogP contribution in [0.25, 0.3) is 0 Å². The Bertz CT molecular complexity index is 409. The first kappa shape index (κ1) is 7.26. The summed E-state index contributed by atoms with van der Waals surface area (Å²) < 4.78 is 61.4. The lowest BCUT2D eigenvalue weighted by atomic mass is 9.68. The minimum absolute atomic E-state index is 0.694. The molecular formula is C11H24O2S. The first-order valence-electron chi connectivity index (χ1n) is 7.11. The van der Waals surface area contributed by atoms with Crippen molar-refractivity contribution in [1.82, 2.24) is 0 Å². The Morgan fingerprint density at radius 3 is 1.71 bits per heavy atom. The molecule has 0 radical (unpaired) electrons. The van der Waals surface area contributed by atoms with Crippen molar-refractivity contribution in [2.75, 3.05) is 11.9 Å². The molecule has 0 saturated heterocycles. The Morgan fingerprint density at radius 1 is 1.14 bits per heavy atom.